The van der Waals surface area contributed by atoms with Gasteiger partial charge in [0.05, 0.1) is 0 Å². The van der Waals surface area contributed by atoms with Crippen LogP contribution < -0.4 is 0 Å². The largest absolute Gasteiger partial charge is 0.478 e. The van der Waals surface area contributed by atoms with Gasteiger partial charge in [-0.1, -0.05) is 36.4 Å². The molecule has 0 unspecified atom stereocenters. The van der Waals surface area contributed by atoms with Crippen molar-refractivity contribution in [3.8, 4) is 0 Å². The average molecular weight is 285 g/mol. The van der Waals surface area contributed by atoms with E-state index < -0.39 is 5.97 Å². The molecule has 1 aromatic rings. The summed E-state index contributed by atoms with van der Waals surface area (Å²) in [6.07, 6.45) is 2.83. The van der Waals surface area contributed by atoms with Crippen LogP contribution in [0.2, 0.25) is 0 Å². The Bertz CT molecular complexity index is 614. The predicted molar refractivity (Wildman–Crippen MR) is 81.6 cm³/mol. The van der Waals surface area contributed by atoms with Crippen LogP contribution in [-0.2, 0) is 9.59 Å². The highest BCUT2D eigenvalue weighted by Crippen LogP contribution is 2.23. The molecule has 1 aliphatic rings. The fourth-order valence-electron chi connectivity index (χ4n) is 2.33. The van der Waals surface area contributed by atoms with E-state index in [1.54, 1.807) is 11.8 Å². The van der Waals surface area contributed by atoms with Gasteiger partial charge in [-0.3, -0.25) is 4.79 Å². The Morgan fingerprint density at radius 1 is 1.10 bits per heavy atom. The molecule has 1 amide bonds. The van der Waals surface area contributed by atoms with Gasteiger partial charge < -0.3 is 10.0 Å². The summed E-state index contributed by atoms with van der Waals surface area (Å²) in [6.45, 7) is 4.17. The predicted octanol–water partition coefficient (Wildman–Crippen LogP) is 2.72. The van der Waals surface area contributed by atoms with E-state index in [1.807, 2.05) is 24.3 Å². The summed E-state index contributed by atoms with van der Waals surface area (Å²) in [7, 11) is 0. The Morgan fingerprint density at radius 2 is 1.76 bits per heavy atom. The third-order valence-electron chi connectivity index (χ3n) is 3.85. The first-order chi connectivity index (χ1) is 10.0. The quantitative estimate of drug-likeness (QED) is 0.869. The van der Waals surface area contributed by atoms with Crippen LogP contribution >= 0.6 is 0 Å². The van der Waals surface area contributed by atoms with Gasteiger partial charge in [-0.15, -0.1) is 0 Å². The van der Waals surface area contributed by atoms with E-state index in [-0.39, 0.29) is 11.5 Å². The number of hydrogen-bond acceptors (Lipinski definition) is 2. The number of benzene rings is 1. The lowest BCUT2D eigenvalue weighted by Crippen LogP contribution is -2.35. The summed E-state index contributed by atoms with van der Waals surface area (Å²) >= 11 is 0. The second-order valence-electron chi connectivity index (χ2n) is 5.15. The Hall–Kier alpha value is -2.36. The van der Waals surface area contributed by atoms with Gasteiger partial charge in [-0.05, 0) is 31.4 Å². The van der Waals surface area contributed by atoms with Gasteiger partial charge in [-0.2, -0.15) is 0 Å². The first kappa shape index (κ1) is 15.0. The van der Waals surface area contributed by atoms with E-state index >= 15 is 0 Å². The topological polar surface area (TPSA) is 57.6 Å². The molecule has 21 heavy (non-hydrogen) atoms. The third-order valence-corrected chi connectivity index (χ3v) is 3.85. The van der Waals surface area contributed by atoms with Crippen LogP contribution in [-0.4, -0.2) is 35.0 Å². The van der Waals surface area contributed by atoms with E-state index in [4.69, 9.17) is 5.11 Å². The number of hydrogen-bond donors (Lipinski definition) is 1. The Balaban J connectivity index is 2.10. The minimum Gasteiger partial charge on any atom is -0.478 e. The Morgan fingerprint density at radius 3 is 2.29 bits per heavy atom. The highest BCUT2D eigenvalue weighted by atomic mass is 16.4. The number of nitrogens with zero attached hydrogens (tertiary/aromatic N) is 1. The molecule has 110 valence electrons. The standard InChI is InChI=1S/C17H19NO3/c1-12(13(2)17(20)21)16(19)18-10-8-15(9-11-18)14-6-4-3-5-7-14/h3-8H,9-11H2,1-2H3,(H,20,21). The Labute approximate surface area is 124 Å². The van der Waals surface area contributed by atoms with Gasteiger partial charge in [0.15, 0.2) is 0 Å². The molecule has 0 saturated carbocycles. The normalized spacial score (nSPS) is 16.1. The molecule has 1 N–H and O–H groups in total. The number of rotatable bonds is 3. The first-order valence-electron chi connectivity index (χ1n) is 6.95. The van der Waals surface area contributed by atoms with Crippen LogP contribution in [0.3, 0.4) is 0 Å². The van der Waals surface area contributed by atoms with Crippen LogP contribution in [0.15, 0.2) is 47.6 Å². The van der Waals surface area contributed by atoms with E-state index in [1.165, 1.54) is 18.1 Å². The zero-order chi connectivity index (χ0) is 15.4. The molecule has 0 spiro atoms. The fourth-order valence-corrected chi connectivity index (χ4v) is 2.33. The van der Waals surface area contributed by atoms with Crippen molar-refractivity contribution in [3.05, 3.63) is 53.1 Å². The number of carbonyl (C=O) groups excluding carboxylic acids is 1. The summed E-state index contributed by atoms with van der Waals surface area (Å²) in [4.78, 5) is 24.9. The van der Waals surface area contributed by atoms with Crippen LogP contribution in [0.25, 0.3) is 5.57 Å². The van der Waals surface area contributed by atoms with Crippen molar-refractivity contribution < 1.29 is 14.7 Å². The lowest BCUT2D eigenvalue weighted by Gasteiger charge is -2.27. The van der Waals surface area contributed by atoms with Crippen molar-refractivity contribution in [2.75, 3.05) is 13.1 Å². The highest BCUT2D eigenvalue weighted by Gasteiger charge is 2.21. The second-order valence-corrected chi connectivity index (χ2v) is 5.15. The maximum atomic E-state index is 12.3. The minimum absolute atomic E-state index is 0.109. The maximum absolute atomic E-state index is 12.3. The van der Waals surface area contributed by atoms with Crippen molar-refractivity contribution in [1.82, 2.24) is 4.90 Å². The minimum atomic E-state index is -1.04. The SMILES string of the molecule is CC(C(=O)O)=C(C)C(=O)N1CC=C(c2ccccc2)CC1. The van der Waals surface area contributed by atoms with Gasteiger partial charge >= 0.3 is 5.97 Å². The summed E-state index contributed by atoms with van der Waals surface area (Å²) < 4.78 is 0. The molecule has 2 rings (SSSR count). The molecule has 0 bridgehead atoms. The van der Waals surface area contributed by atoms with E-state index in [0.717, 1.165) is 6.42 Å². The molecule has 0 atom stereocenters. The molecule has 4 heteroatoms. The monoisotopic (exact) mass is 285 g/mol. The van der Waals surface area contributed by atoms with E-state index in [9.17, 15) is 9.59 Å². The summed E-state index contributed by atoms with van der Waals surface area (Å²) in [6, 6.07) is 10.1. The molecular formula is C17H19NO3. The molecule has 4 nitrogen and oxygen atoms in total. The van der Waals surface area contributed by atoms with Crippen LogP contribution in [0.4, 0.5) is 0 Å². The summed E-state index contributed by atoms with van der Waals surface area (Å²) in [5.41, 5.74) is 2.83. The van der Waals surface area contributed by atoms with Crippen molar-refractivity contribution in [2.45, 2.75) is 20.3 Å². The average Bonchev–Trinajstić information content (AvgIpc) is 2.53. The molecule has 0 fully saturated rings. The zero-order valence-corrected chi connectivity index (χ0v) is 12.3. The number of carbonyl (C=O) groups is 2. The zero-order valence-electron chi connectivity index (χ0n) is 12.3. The number of carboxylic acid groups (broad SMARTS) is 1. The summed E-state index contributed by atoms with van der Waals surface area (Å²) in [5, 5.41) is 8.95. The second kappa shape index (κ2) is 6.39. The fraction of sp³-hybridized carbons (Fsp3) is 0.294. The first-order valence-corrected chi connectivity index (χ1v) is 6.95. The van der Waals surface area contributed by atoms with Crippen LogP contribution in [0.5, 0.6) is 0 Å². The van der Waals surface area contributed by atoms with E-state index in [0.29, 0.717) is 18.7 Å². The van der Waals surface area contributed by atoms with Crippen molar-refractivity contribution in [1.29, 1.82) is 0 Å². The molecule has 0 aromatic heterocycles. The number of carboxylic acids is 1. The van der Waals surface area contributed by atoms with Crippen molar-refractivity contribution in [2.24, 2.45) is 0 Å². The van der Waals surface area contributed by atoms with Gasteiger partial charge in [-0.25, -0.2) is 4.79 Å². The highest BCUT2D eigenvalue weighted by molar-refractivity contribution is 6.01. The third kappa shape index (κ3) is 3.40. The van der Waals surface area contributed by atoms with Gasteiger partial charge in [0.2, 0.25) is 5.91 Å². The van der Waals surface area contributed by atoms with Crippen LogP contribution in [0.1, 0.15) is 25.8 Å². The molecular weight excluding hydrogens is 266 g/mol. The van der Waals surface area contributed by atoms with Crippen molar-refractivity contribution >= 4 is 17.4 Å². The van der Waals surface area contributed by atoms with Crippen molar-refractivity contribution in [3.63, 3.8) is 0 Å². The maximum Gasteiger partial charge on any atom is 0.331 e. The molecule has 1 aliphatic heterocycles. The molecule has 1 heterocycles. The molecule has 0 radical (unpaired) electrons. The molecule has 0 aliphatic carbocycles. The smallest absolute Gasteiger partial charge is 0.331 e. The Kier molecular flexibility index (Phi) is 4.58. The number of aliphatic carboxylic acids is 1. The lowest BCUT2D eigenvalue weighted by atomic mass is 9.99. The number of amides is 1. The van der Waals surface area contributed by atoms with Crippen LogP contribution in [0, 0.1) is 0 Å². The van der Waals surface area contributed by atoms with Gasteiger partial charge in [0.25, 0.3) is 0 Å². The lowest BCUT2D eigenvalue weighted by molar-refractivity contribution is -0.133. The van der Waals surface area contributed by atoms with Gasteiger partial charge in [0.1, 0.15) is 0 Å². The molecule has 1 aromatic carbocycles. The van der Waals surface area contributed by atoms with E-state index in [2.05, 4.69) is 12.1 Å². The molecule has 0 saturated heterocycles. The van der Waals surface area contributed by atoms with Gasteiger partial charge in [0, 0.05) is 24.2 Å². The summed E-state index contributed by atoms with van der Waals surface area (Å²) in [5.74, 6) is -1.24.